The molecule has 0 bridgehead atoms. The molecule has 1 fully saturated rings. The van der Waals surface area contributed by atoms with Gasteiger partial charge in [0.2, 0.25) is 11.9 Å². The number of ether oxygens (including phenoxy) is 3. The molecule has 1 aliphatic heterocycles. The number of nitrogens with zero attached hydrogens (tertiary/aromatic N) is 9. The second-order valence-electron chi connectivity index (χ2n) is 12.0. The van der Waals surface area contributed by atoms with Crippen LogP contribution in [0.1, 0.15) is 11.4 Å². The zero-order valence-corrected chi connectivity index (χ0v) is 30.8. The molecule has 1 radical (unpaired) electrons. The Balaban J connectivity index is 1.36. The second-order valence-corrected chi connectivity index (χ2v) is 16.4. The molecule has 0 saturated carbocycles. The Kier molecular flexibility index (Phi) is 10.3. The van der Waals surface area contributed by atoms with Gasteiger partial charge >= 0.3 is 0 Å². The van der Waals surface area contributed by atoms with Crippen molar-refractivity contribution in [3.05, 3.63) is 74.9 Å². The Bertz CT molecular complexity index is 2030. The minimum atomic E-state index is -0.426. The Morgan fingerprint density at radius 1 is 1.02 bits per heavy atom. The van der Waals surface area contributed by atoms with Crippen LogP contribution < -0.4 is 14.5 Å². The van der Waals surface area contributed by atoms with Gasteiger partial charge in [0.05, 0.1) is 70.9 Å². The summed E-state index contributed by atoms with van der Waals surface area (Å²) in [6, 6.07) is 12.7. The number of fused-ring (bicyclic) bond motifs is 2. The largest absolute Gasteiger partial charge is 0.497 e. The molecular formula is C33H36Cl2N9O3SSi. The summed E-state index contributed by atoms with van der Waals surface area (Å²) in [5.74, 6) is 2.77. The van der Waals surface area contributed by atoms with Crippen molar-refractivity contribution < 1.29 is 14.2 Å². The minimum absolute atomic E-state index is 0.323. The Labute approximate surface area is 299 Å². The van der Waals surface area contributed by atoms with Gasteiger partial charge in [0.15, 0.2) is 5.65 Å². The lowest BCUT2D eigenvalue weighted by molar-refractivity contribution is 0.0882. The summed E-state index contributed by atoms with van der Waals surface area (Å²) in [7, 11) is 1.24. The number of benzene rings is 2. The number of morpholine rings is 1. The molecule has 16 heteroatoms. The van der Waals surface area contributed by atoms with E-state index in [9.17, 15) is 0 Å². The maximum atomic E-state index is 6.53. The van der Waals surface area contributed by atoms with Crippen molar-refractivity contribution >= 4 is 71.9 Å². The van der Waals surface area contributed by atoms with E-state index in [1.807, 2.05) is 35.3 Å². The molecule has 49 heavy (non-hydrogen) atoms. The highest BCUT2D eigenvalue weighted by molar-refractivity contribution is 7.07. The molecule has 6 aromatic rings. The van der Waals surface area contributed by atoms with Gasteiger partial charge < -0.3 is 28.6 Å². The summed E-state index contributed by atoms with van der Waals surface area (Å²) >= 11 is 14.5. The van der Waals surface area contributed by atoms with Crippen molar-refractivity contribution in [2.24, 2.45) is 0 Å². The number of hydrogen-bond donors (Lipinski definition) is 0. The Hall–Kier alpha value is -3.79. The standard InChI is InChI=1S/C33H36Cl2N9O3SSi/c1-45-23-6-4-22(5-7-23)17-42(18-30-38-27-14-25(34)26(35)15-29(27)43(30)21-47-12-13-49(2)3)33-40-32(41-8-10-46-11-9-41)39-31-24(16-37-44(31)33)28-19-48-20-36-28/h4-7,14-16,19-20H,8-13,17-18,21H2,1-3H3. The lowest BCUT2D eigenvalue weighted by Crippen LogP contribution is -2.38. The molecule has 255 valence electrons. The summed E-state index contributed by atoms with van der Waals surface area (Å²) in [5.41, 5.74) is 6.77. The van der Waals surface area contributed by atoms with E-state index in [0.717, 1.165) is 45.5 Å². The molecule has 7 rings (SSSR count). The lowest BCUT2D eigenvalue weighted by atomic mass is 10.2. The van der Waals surface area contributed by atoms with E-state index in [4.69, 9.17) is 57.5 Å². The van der Waals surface area contributed by atoms with E-state index in [0.29, 0.717) is 80.3 Å². The maximum absolute atomic E-state index is 6.53. The molecule has 1 aliphatic rings. The van der Waals surface area contributed by atoms with Gasteiger partial charge in [0, 0.05) is 40.4 Å². The molecule has 5 heterocycles. The van der Waals surface area contributed by atoms with Crippen molar-refractivity contribution in [3.8, 4) is 17.0 Å². The molecule has 0 N–H and O–H groups in total. The SMILES string of the molecule is COc1ccc(CN(Cc2nc3cc(Cl)c(Cl)cc3n2COCC[Si](C)C)c2nc(N3CCOCC3)nc3c(-c4cscn4)cnn23)cc1. The number of rotatable bonds is 13. The third-order valence-electron chi connectivity index (χ3n) is 8.33. The number of hydrogen-bond acceptors (Lipinski definition) is 11. The van der Waals surface area contributed by atoms with Gasteiger partial charge in [-0.05, 0) is 35.9 Å². The van der Waals surface area contributed by atoms with Crippen LogP contribution in [0.4, 0.5) is 11.9 Å². The predicted molar refractivity (Wildman–Crippen MR) is 196 cm³/mol. The molecule has 1 saturated heterocycles. The van der Waals surface area contributed by atoms with Crippen LogP contribution in [0.2, 0.25) is 29.2 Å². The number of imidazole rings is 1. The first-order valence-electron chi connectivity index (χ1n) is 15.9. The van der Waals surface area contributed by atoms with Crippen molar-refractivity contribution in [1.29, 1.82) is 0 Å². The van der Waals surface area contributed by atoms with E-state index in [-0.39, 0.29) is 0 Å². The van der Waals surface area contributed by atoms with Crippen molar-refractivity contribution in [2.45, 2.75) is 39.0 Å². The molecule has 0 spiro atoms. The van der Waals surface area contributed by atoms with Crippen LogP contribution in [0.5, 0.6) is 5.75 Å². The zero-order valence-electron chi connectivity index (χ0n) is 27.5. The van der Waals surface area contributed by atoms with Crippen molar-refractivity contribution in [3.63, 3.8) is 0 Å². The molecule has 0 unspecified atom stereocenters. The molecular weight excluding hydrogens is 701 g/mol. The van der Waals surface area contributed by atoms with E-state index < -0.39 is 8.80 Å². The van der Waals surface area contributed by atoms with Crippen LogP contribution in [0.3, 0.4) is 0 Å². The fourth-order valence-corrected chi connectivity index (χ4v) is 7.09. The number of thiazole rings is 1. The first-order valence-corrected chi connectivity index (χ1v) is 20.3. The summed E-state index contributed by atoms with van der Waals surface area (Å²) in [4.78, 5) is 24.2. The summed E-state index contributed by atoms with van der Waals surface area (Å²) in [6.07, 6.45) is 1.81. The molecule has 0 atom stereocenters. The van der Waals surface area contributed by atoms with E-state index in [2.05, 4.69) is 44.6 Å². The quantitative estimate of drug-likeness (QED) is 0.0941. The highest BCUT2D eigenvalue weighted by atomic mass is 35.5. The third kappa shape index (κ3) is 7.39. The molecule has 12 nitrogen and oxygen atoms in total. The first kappa shape index (κ1) is 33.7. The average molecular weight is 738 g/mol. The van der Waals surface area contributed by atoms with Gasteiger partial charge in [-0.25, -0.2) is 9.97 Å². The molecule has 0 amide bonds. The van der Waals surface area contributed by atoms with Gasteiger partial charge in [0.1, 0.15) is 18.3 Å². The summed E-state index contributed by atoms with van der Waals surface area (Å²) in [5, 5.41) is 7.74. The zero-order chi connectivity index (χ0) is 33.9. The summed E-state index contributed by atoms with van der Waals surface area (Å²) < 4.78 is 21.2. The van der Waals surface area contributed by atoms with Gasteiger partial charge in [-0.2, -0.15) is 19.6 Å². The summed E-state index contributed by atoms with van der Waals surface area (Å²) in [6.45, 7) is 8.99. The monoisotopic (exact) mass is 736 g/mol. The Morgan fingerprint density at radius 2 is 1.82 bits per heavy atom. The van der Waals surface area contributed by atoms with Crippen LogP contribution in [0.25, 0.3) is 27.9 Å². The van der Waals surface area contributed by atoms with E-state index in [1.165, 1.54) is 11.3 Å². The van der Waals surface area contributed by atoms with E-state index in [1.54, 1.807) is 17.7 Å². The minimum Gasteiger partial charge on any atom is -0.497 e. The fraction of sp³-hybridized carbons (Fsp3) is 0.364. The average Bonchev–Trinajstić information content (AvgIpc) is 3.86. The first-order chi connectivity index (χ1) is 23.9. The van der Waals surface area contributed by atoms with Crippen LogP contribution in [0.15, 0.2) is 53.5 Å². The van der Waals surface area contributed by atoms with Gasteiger partial charge in [-0.3, -0.25) is 0 Å². The van der Waals surface area contributed by atoms with Crippen LogP contribution >= 0.6 is 34.5 Å². The third-order valence-corrected chi connectivity index (χ3v) is 10.8. The van der Waals surface area contributed by atoms with E-state index >= 15 is 0 Å². The number of anilines is 2. The number of methoxy groups -OCH3 is 1. The molecule has 2 aromatic carbocycles. The highest BCUT2D eigenvalue weighted by Crippen LogP contribution is 2.32. The molecule has 4 aromatic heterocycles. The van der Waals surface area contributed by atoms with Crippen molar-refractivity contribution in [2.75, 3.05) is 49.8 Å². The number of aromatic nitrogens is 7. The van der Waals surface area contributed by atoms with Crippen molar-refractivity contribution in [1.82, 2.24) is 34.1 Å². The smallest absolute Gasteiger partial charge is 0.232 e. The van der Waals surface area contributed by atoms with Crippen LogP contribution in [0, 0.1) is 0 Å². The Morgan fingerprint density at radius 3 is 2.55 bits per heavy atom. The molecule has 0 aliphatic carbocycles. The topological polar surface area (TPSA) is 108 Å². The number of halogens is 2. The van der Waals surface area contributed by atoms with Gasteiger partial charge in [-0.1, -0.05) is 48.4 Å². The normalized spacial score (nSPS) is 13.6. The predicted octanol–water partition coefficient (Wildman–Crippen LogP) is 6.68. The maximum Gasteiger partial charge on any atom is 0.232 e. The lowest BCUT2D eigenvalue weighted by Gasteiger charge is -2.29. The van der Waals surface area contributed by atoms with Gasteiger partial charge in [-0.15, -0.1) is 11.3 Å². The van der Waals surface area contributed by atoms with Gasteiger partial charge in [0.25, 0.3) is 0 Å². The van der Waals surface area contributed by atoms with Crippen LogP contribution in [-0.4, -0.2) is 82.9 Å². The fourth-order valence-electron chi connectivity index (χ4n) is 5.67. The van der Waals surface area contributed by atoms with Crippen LogP contribution in [-0.2, 0) is 29.3 Å². The highest BCUT2D eigenvalue weighted by Gasteiger charge is 2.25. The second kappa shape index (κ2) is 15.0.